The second-order valence-corrected chi connectivity index (χ2v) is 5.40. The van der Waals surface area contributed by atoms with Gasteiger partial charge in [-0.05, 0) is 32.3 Å². The lowest BCUT2D eigenvalue weighted by atomic mass is 10.1. The number of benzene rings is 1. The lowest BCUT2D eigenvalue weighted by Gasteiger charge is -2.42. The second-order valence-electron chi connectivity index (χ2n) is 4.49. The van der Waals surface area contributed by atoms with Crippen molar-refractivity contribution in [3.8, 4) is 0 Å². The number of carbonyl (C=O) groups excluding carboxylic acids is 1. The zero-order valence-electron chi connectivity index (χ0n) is 9.78. The standard InChI is InChI=1S/C12H14BrFN2O/c1-15(2)11-6-16(7-11)12(17)8-3-9(13)5-10(14)4-8/h3-5,11H,6-7H2,1-2H3. The van der Waals surface area contributed by atoms with Crippen molar-refractivity contribution in [3.63, 3.8) is 0 Å². The smallest absolute Gasteiger partial charge is 0.254 e. The molecule has 1 aliphatic rings. The van der Waals surface area contributed by atoms with Crippen molar-refractivity contribution >= 4 is 21.8 Å². The van der Waals surface area contributed by atoms with Crippen LogP contribution in [0.25, 0.3) is 0 Å². The molecule has 1 aromatic carbocycles. The molecule has 0 saturated carbocycles. The highest BCUT2D eigenvalue weighted by Gasteiger charge is 2.32. The Kier molecular flexibility index (Phi) is 3.49. The molecule has 1 heterocycles. The van der Waals surface area contributed by atoms with Crippen LogP contribution >= 0.6 is 15.9 Å². The predicted molar refractivity (Wildman–Crippen MR) is 67.5 cm³/mol. The molecule has 2 rings (SSSR count). The first-order valence-corrected chi connectivity index (χ1v) is 6.18. The summed E-state index contributed by atoms with van der Waals surface area (Å²) in [6, 6.07) is 4.68. The van der Waals surface area contributed by atoms with E-state index >= 15 is 0 Å². The molecule has 0 aliphatic carbocycles. The minimum absolute atomic E-state index is 0.108. The fraction of sp³-hybridized carbons (Fsp3) is 0.417. The van der Waals surface area contributed by atoms with E-state index in [1.807, 2.05) is 14.1 Å². The van der Waals surface area contributed by atoms with Crippen molar-refractivity contribution in [2.45, 2.75) is 6.04 Å². The number of hydrogen-bond donors (Lipinski definition) is 0. The van der Waals surface area contributed by atoms with Gasteiger partial charge in [-0.15, -0.1) is 0 Å². The van der Waals surface area contributed by atoms with Crippen LogP contribution in [0.2, 0.25) is 0 Å². The molecule has 17 heavy (non-hydrogen) atoms. The zero-order valence-corrected chi connectivity index (χ0v) is 11.4. The highest BCUT2D eigenvalue weighted by molar-refractivity contribution is 9.10. The van der Waals surface area contributed by atoms with Gasteiger partial charge in [-0.2, -0.15) is 0 Å². The molecule has 1 amide bonds. The van der Waals surface area contributed by atoms with Crippen LogP contribution in [0.4, 0.5) is 4.39 Å². The summed E-state index contributed by atoms with van der Waals surface area (Å²) in [6.07, 6.45) is 0. The number of amides is 1. The first kappa shape index (κ1) is 12.5. The van der Waals surface area contributed by atoms with Crippen LogP contribution in [-0.4, -0.2) is 48.9 Å². The molecule has 0 unspecified atom stereocenters. The number of rotatable bonds is 2. The molecule has 1 saturated heterocycles. The quantitative estimate of drug-likeness (QED) is 0.834. The Balaban J connectivity index is 2.06. The van der Waals surface area contributed by atoms with Gasteiger partial charge in [0, 0.05) is 29.2 Å². The van der Waals surface area contributed by atoms with E-state index in [1.165, 1.54) is 12.1 Å². The van der Waals surface area contributed by atoms with E-state index in [-0.39, 0.29) is 5.91 Å². The van der Waals surface area contributed by atoms with Crippen molar-refractivity contribution < 1.29 is 9.18 Å². The molecule has 0 radical (unpaired) electrons. The highest BCUT2D eigenvalue weighted by Crippen LogP contribution is 2.20. The lowest BCUT2D eigenvalue weighted by Crippen LogP contribution is -2.59. The maximum atomic E-state index is 13.2. The zero-order chi connectivity index (χ0) is 12.6. The lowest BCUT2D eigenvalue weighted by molar-refractivity contribution is 0.0399. The monoisotopic (exact) mass is 300 g/mol. The molecule has 3 nitrogen and oxygen atoms in total. The number of nitrogens with zero attached hydrogens (tertiary/aromatic N) is 2. The van der Waals surface area contributed by atoms with Gasteiger partial charge in [-0.3, -0.25) is 4.79 Å². The third kappa shape index (κ3) is 2.66. The summed E-state index contributed by atoms with van der Waals surface area (Å²) in [5.41, 5.74) is 0.397. The summed E-state index contributed by atoms with van der Waals surface area (Å²) in [6.45, 7) is 1.42. The first-order chi connectivity index (χ1) is 7.97. The largest absolute Gasteiger partial charge is 0.335 e. The topological polar surface area (TPSA) is 23.6 Å². The summed E-state index contributed by atoms with van der Waals surface area (Å²) in [5.74, 6) is -0.504. The van der Waals surface area contributed by atoms with Crippen LogP contribution in [0.3, 0.4) is 0 Å². The average molecular weight is 301 g/mol. The van der Waals surface area contributed by atoms with Gasteiger partial charge in [-0.1, -0.05) is 15.9 Å². The van der Waals surface area contributed by atoms with E-state index < -0.39 is 5.82 Å². The molecule has 0 bridgehead atoms. The Hall–Kier alpha value is -0.940. The third-order valence-electron chi connectivity index (χ3n) is 2.99. The van der Waals surface area contributed by atoms with Crippen molar-refractivity contribution in [3.05, 3.63) is 34.1 Å². The second kappa shape index (κ2) is 4.74. The van der Waals surface area contributed by atoms with E-state index in [0.29, 0.717) is 29.2 Å². The number of halogens is 2. The van der Waals surface area contributed by atoms with Gasteiger partial charge in [0.2, 0.25) is 0 Å². The Morgan fingerprint density at radius 1 is 1.41 bits per heavy atom. The van der Waals surface area contributed by atoms with Gasteiger partial charge in [0.15, 0.2) is 0 Å². The summed E-state index contributed by atoms with van der Waals surface area (Å²) in [5, 5.41) is 0. The van der Waals surface area contributed by atoms with Crippen LogP contribution in [0.1, 0.15) is 10.4 Å². The van der Waals surface area contributed by atoms with Gasteiger partial charge < -0.3 is 9.80 Å². The van der Waals surface area contributed by atoms with E-state index in [2.05, 4.69) is 20.8 Å². The maximum absolute atomic E-state index is 13.2. The number of hydrogen-bond acceptors (Lipinski definition) is 2. The van der Waals surface area contributed by atoms with Crippen molar-refractivity contribution in [1.29, 1.82) is 0 Å². The molecule has 92 valence electrons. The third-order valence-corrected chi connectivity index (χ3v) is 3.45. The fourth-order valence-corrected chi connectivity index (χ4v) is 2.27. The number of carbonyl (C=O) groups is 1. The molecular formula is C12H14BrFN2O. The molecule has 1 fully saturated rings. The maximum Gasteiger partial charge on any atom is 0.254 e. The Labute approximate surface area is 108 Å². The summed E-state index contributed by atoms with van der Waals surface area (Å²) in [7, 11) is 3.98. The Morgan fingerprint density at radius 3 is 2.59 bits per heavy atom. The molecule has 0 aromatic heterocycles. The first-order valence-electron chi connectivity index (χ1n) is 5.39. The van der Waals surface area contributed by atoms with Gasteiger partial charge in [0.05, 0.1) is 0 Å². The average Bonchev–Trinajstić information content (AvgIpc) is 2.12. The van der Waals surface area contributed by atoms with E-state index in [0.717, 1.165) is 0 Å². The SMILES string of the molecule is CN(C)C1CN(C(=O)c2cc(F)cc(Br)c2)C1. The minimum Gasteiger partial charge on any atom is -0.335 e. The molecule has 0 N–H and O–H groups in total. The van der Waals surface area contributed by atoms with Crippen molar-refractivity contribution in [1.82, 2.24) is 9.80 Å². The van der Waals surface area contributed by atoms with Crippen molar-refractivity contribution in [2.24, 2.45) is 0 Å². The molecule has 0 spiro atoms. The van der Waals surface area contributed by atoms with E-state index in [4.69, 9.17) is 0 Å². The Morgan fingerprint density at radius 2 is 2.06 bits per heavy atom. The summed E-state index contributed by atoms with van der Waals surface area (Å²) >= 11 is 3.19. The fourth-order valence-electron chi connectivity index (χ4n) is 1.81. The van der Waals surface area contributed by atoms with Gasteiger partial charge in [0.1, 0.15) is 5.82 Å². The van der Waals surface area contributed by atoms with E-state index in [9.17, 15) is 9.18 Å². The van der Waals surface area contributed by atoms with Crippen LogP contribution in [0.15, 0.2) is 22.7 Å². The molecular weight excluding hydrogens is 287 g/mol. The molecule has 5 heteroatoms. The molecule has 1 aromatic rings. The molecule has 1 aliphatic heterocycles. The minimum atomic E-state index is -0.396. The Bertz CT molecular complexity index is 424. The normalized spacial score (nSPS) is 16.2. The predicted octanol–water partition coefficient (Wildman–Crippen LogP) is 1.97. The molecule has 0 atom stereocenters. The van der Waals surface area contributed by atoms with Crippen LogP contribution in [-0.2, 0) is 0 Å². The van der Waals surface area contributed by atoms with Crippen LogP contribution in [0, 0.1) is 5.82 Å². The van der Waals surface area contributed by atoms with Crippen LogP contribution in [0.5, 0.6) is 0 Å². The van der Waals surface area contributed by atoms with Crippen molar-refractivity contribution in [2.75, 3.05) is 27.2 Å². The van der Waals surface area contributed by atoms with Crippen LogP contribution < -0.4 is 0 Å². The van der Waals surface area contributed by atoms with Gasteiger partial charge >= 0.3 is 0 Å². The van der Waals surface area contributed by atoms with E-state index in [1.54, 1.807) is 11.0 Å². The number of likely N-dealkylation sites (tertiary alicyclic amines) is 1. The number of likely N-dealkylation sites (N-methyl/N-ethyl adjacent to an activating group) is 1. The van der Waals surface area contributed by atoms with Gasteiger partial charge in [0.25, 0.3) is 5.91 Å². The van der Waals surface area contributed by atoms with Gasteiger partial charge in [-0.25, -0.2) is 4.39 Å². The summed E-state index contributed by atoms with van der Waals surface area (Å²) < 4.78 is 13.8. The highest BCUT2D eigenvalue weighted by atomic mass is 79.9. The summed E-state index contributed by atoms with van der Waals surface area (Å²) in [4.78, 5) is 15.8.